The number of halogens is 1. The molecule has 192 valence electrons. The maximum absolute atomic E-state index is 13.9. The molecular formula is C26H30FN9O. The fraction of sp³-hybridized carbons (Fsp3) is 0.385. The Morgan fingerprint density at radius 1 is 1.27 bits per heavy atom. The number of carbonyl (C=O) groups is 1. The summed E-state index contributed by atoms with van der Waals surface area (Å²) in [6.07, 6.45) is 8.78. The highest BCUT2D eigenvalue weighted by atomic mass is 19.1. The molecule has 1 amide bonds. The average Bonchev–Trinajstić information content (AvgIpc) is 3.49. The molecule has 5 rings (SSSR count). The summed E-state index contributed by atoms with van der Waals surface area (Å²) in [5.41, 5.74) is 8.52. The van der Waals surface area contributed by atoms with E-state index in [-0.39, 0.29) is 30.1 Å². The van der Waals surface area contributed by atoms with Gasteiger partial charge in [-0.2, -0.15) is 10.2 Å². The van der Waals surface area contributed by atoms with Crippen molar-refractivity contribution in [3.8, 4) is 11.3 Å². The van der Waals surface area contributed by atoms with Gasteiger partial charge in [0.1, 0.15) is 36.0 Å². The summed E-state index contributed by atoms with van der Waals surface area (Å²) in [4.78, 5) is 28.2. The second kappa shape index (κ2) is 10.1. The Kier molecular flexibility index (Phi) is 6.68. The van der Waals surface area contributed by atoms with Crippen molar-refractivity contribution in [2.24, 2.45) is 4.99 Å². The molecule has 4 aromatic rings. The highest BCUT2D eigenvalue weighted by Gasteiger charge is 2.37. The monoisotopic (exact) mass is 503 g/mol. The van der Waals surface area contributed by atoms with Crippen LogP contribution in [-0.4, -0.2) is 59.3 Å². The molecule has 0 bridgehead atoms. The van der Waals surface area contributed by atoms with Gasteiger partial charge in [0.25, 0.3) is 5.91 Å². The van der Waals surface area contributed by atoms with Gasteiger partial charge < -0.3 is 5.73 Å². The van der Waals surface area contributed by atoms with Gasteiger partial charge in [0.05, 0.1) is 17.6 Å². The van der Waals surface area contributed by atoms with E-state index in [1.807, 2.05) is 10.9 Å². The van der Waals surface area contributed by atoms with E-state index in [2.05, 4.69) is 33.9 Å². The molecule has 3 aromatic heterocycles. The normalized spacial score (nSPS) is 14.0. The molecule has 0 saturated heterocycles. The predicted octanol–water partition coefficient (Wildman–Crippen LogP) is 4.11. The summed E-state index contributed by atoms with van der Waals surface area (Å²) in [6, 6.07) is 6.01. The largest absolute Gasteiger partial charge is 0.383 e. The Labute approximate surface area is 214 Å². The quantitative estimate of drug-likeness (QED) is 0.285. The zero-order valence-electron chi connectivity index (χ0n) is 21.2. The van der Waals surface area contributed by atoms with Gasteiger partial charge in [-0.05, 0) is 43.9 Å². The Balaban J connectivity index is 1.53. The summed E-state index contributed by atoms with van der Waals surface area (Å²) in [7, 11) is 1.64. The molecule has 0 aliphatic heterocycles. The van der Waals surface area contributed by atoms with Crippen molar-refractivity contribution in [2.45, 2.75) is 58.2 Å². The third kappa shape index (κ3) is 4.68. The molecule has 1 aliphatic rings. The van der Waals surface area contributed by atoms with E-state index in [0.29, 0.717) is 28.4 Å². The van der Waals surface area contributed by atoms with Crippen LogP contribution in [0.15, 0.2) is 48.0 Å². The zero-order valence-corrected chi connectivity index (χ0v) is 21.2. The number of nitrogens with zero attached hydrogens (tertiary/aromatic N) is 8. The molecule has 0 unspecified atom stereocenters. The molecule has 11 heteroatoms. The van der Waals surface area contributed by atoms with Gasteiger partial charge in [-0.1, -0.05) is 19.9 Å². The SMILES string of the molecule is CCC(CC)n1cc(-c2nn(CC(=NC)N(C(=O)c3cccc(F)c3)C3CC3)c3ncnc(N)c23)cn1. The Bertz CT molecular complexity index is 1470. The molecule has 0 radical (unpaired) electrons. The van der Waals surface area contributed by atoms with Crippen molar-refractivity contribution >= 4 is 28.6 Å². The fourth-order valence-electron chi connectivity index (χ4n) is 4.64. The van der Waals surface area contributed by atoms with Gasteiger partial charge >= 0.3 is 0 Å². The third-order valence-electron chi connectivity index (χ3n) is 6.78. The van der Waals surface area contributed by atoms with Crippen molar-refractivity contribution in [1.82, 2.24) is 34.4 Å². The number of fused-ring (bicyclic) bond motifs is 1. The molecule has 0 atom stereocenters. The van der Waals surface area contributed by atoms with E-state index >= 15 is 0 Å². The van der Waals surface area contributed by atoms with E-state index in [1.54, 1.807) is 28.9 Å². The summed E-state index contributed by atoms with van der Waals surface area (Å²) in [5.74, 6) is 0.0734. The molecule has 2 N–H and O–H groups in total. The predicted molar refractivity (Wildman–Crippen MR) is 140 cm³/mol. The Hall–Kier alpha value is -4.15. The smallest absolute Gasteiger partial charge is 0.259 e. The van der Waals surface area contributed by atoms with Crippen LogP contribution in [0, 0.1) is 5.82 Å². The first kappa shape index (κ1) is 24.5. The van der Waals surface area contributed by atoms with Crippen LogP contribution in [0.3, 0.4) is 0 Å². The van der Waals surface area contributed by atoms with Gasteiger partial charge in [-0.15, -0.1) is 0 Å². The van der Waals surface area contributed by atoms with Crippen molar-refractivity contribution in [2.75, 3.05) is 12.8 Å². The number of anilines is 1. The molecule has 1 aliphatic carbocycles. The van der Waals surface area contributed by atoms with Crippen LogP contribution in [0.5, 0.6) is 0 Å². The standard InChI is InChI=1S/C26H30FN9O/c1-4-19(5-2)34-13-17(12-32-34)23-22-24(28)30-15-31-25(22)35(33-23)14-21(29-3)36(20-9-10-20)26(37)16-7-6-8-18(27)11-16/h6-8,11-13,15,19-20H,4-5,9-10,14H2,1-3H3,(H2,28,30,31). The average molecular weight is 504 g/mol. The maximum Gasteiger partial charge on any atom is 0.259 e. The second-order valence-corrected chi connectivity index (χ2v) is 9.20. The number of rotatable bonds is 8. The lowest BCUT2D eigenvalue weighted by Crippen LogP contribution is -2.41. The number of hydrogen-bond donors (Lipinski definition) is 1. The van der Waals surface area contributed by atoms with Crippen LogP contribution in [-0.2, 0) is 6.54 Å². The number of aromatic nitrogens is 6. The minimum Gasteiger partial charge on any atom is -0.383 e. The summed E-state index contributed by atoms with van der Waals surface area (Å²) in [5, 5.41) is 10.0. The van der Waals surface area contributed by atoms with Crippen molar-refractivity contribution < 1.29 is 9.18 Å². The van der Waals surface area contributed by atoms with Gasteiger partial charge in [-0.3, -0.25) is 19.4 Å². The lowest BCUT2D eigenvalue weighted by molar-refractivity contribution is 0.0835. The van der Waals surface area contributed by atoms with E-state index < -0.39 is 5.82 Å². The van der Waals surface area contributed by atoms with Gasteiger partial charge in [0, 0.05) is 30.4 Å². The lowest BCUT2D eigenvalue weighted by Gasteiger charge is -2.24. The highest BCUT2D eigenvalue weighted by Crippen LogP contribution is 2.32. The van der Waals surface area contributed by atoms with Gasteiger partial charge in [0.15, 0.2) is 5.65 Å². The topological polar surface area (TPSA) is 120 Å². The van der Waals surface area contributed by atoms with Crippen molar-refractivity contribution in [3.05, 3.63) is 54.4 Å². The summed E-state index contributed by atoms with van der Waals surface area (Å²) in [6.45, 7) is 4.45. The van der Waals surface area contributed by atoms with E-state index in [4.69, 9.17) is 10.8 Å². The van der Waals surface area contributed by atoms with Gasteiger partial charge in [-0.25, -0.2) is 19.0 Å². The van der Waals surface area contributed by atoms with Crippen LogP contribution in [0.25, 0.3) is 22.3 Å². The number of hydrogen-bond acceptors (Lipinski definition) is 7. The number of benzene rings is 1. The first-order chi connectivity index (χ1) is 17.9. The van der Waals surface area contributed by atoms with Crippen LogP contribution >= 0.6 is 0 Å². The minimum atomic E-state index is -0.458. The zero-order chi connectivity index (χ0) is 26.1. The lowest BCUT2D eigenvalue weighted by atomic mass is 10.1. The Morgan fingerprint density at radius 3 is 2.73 bits per heavy atom. The van der Waals surface area contributed by atoms with Crippen LogP contribution in [0.2, 0.25) is 0 Å². The fourth-order valence-corrected chi connectivity index (χ4v) is 4.64. The molecule has 3 heterocycles. The van der Waals surface area contributed by atoms with E-state index in [9.17, 15) is 9.18 Å². The molecule has 37 heavy (non-hydrogen) atoms. The van der Waals surface area contributed by atoms with Crippen molar-refractivity contribution in [1.29, 1.82) is 0 Å². The van der Waals surface area contributed by atoms with Crippen molar-refractivity contribution in [3.63, 3.8) is 0 Å². The number of amidine groups is 1. The van der Waals surface area contributed by atoms with E-state index in [1.165, 1.54) is 24.5 Å². The molecule has 1 saturated carbocycles. The Morgan fingerprint density at radius 2 is 2.05 bits per heavy atom. The third-order valence-corrected chi connectivity index (χ3v) is 6.78. The maximum atomic E-state index is 13.9. The summed E-state index contributed by atoms with van der Waals surface area (Å²) < 4.78 is 17.5. The van der Waals surface area contributed by atoms with E-state index in [0.717, 1.165) is 31.2 Å². The first-order valence-corrected chi connectivity index (χ1v) is 12.5. The molecule has 0 spiro atoms. The van der Waals surface area contributed by atoms with Gasteiger partial charge in [0.2, 0.25) is 0 Å². The number of aliphatic imine (C=N–C) groups is 1. The molecule has 10 nitrogen and oxygen atoms in total. The number of carbonyl (C=O) groups excluding carboxylic acids is 1. The minimum absolute atomic E-state index is 0.00807. The molecule has 1 fully saturated rings. The molecular weight excluding hydrogens is 473 g/mol. The molecule has 1 aromatic carbocycles. The van der Waals surface area contributed by atoms with Crippen LogP contribution in [0.4, 0.5) is 10.2 Å². The van der Waals surface area contributed by atoms with Crippen LogP contribution < -0.4 is 5.73 Å². The summed E-state index contributed by atoms with van der Waals surface area (Å²) >= 11 is 0. The highest BCUT2D eigenvalue weighted by molar-refractivity contribution is 6.07. The number of nitrogen functional groups attached to an aromatic ring is 1. The number of nitrogens with two attached hydrogens (primary N) is 1. The van der Waals surface area contributed by atoms with Crippen LogP contribution in [0.1, 0.15) is 55.9 Å². The first-order valence-electron chi connectivity index (χ1n) is 12.5. The number of amides is 1. The second-order valence-electron chi connectivity index (χ2n) is 9.20.